The van der Waals surface area contributed by atoms with Gasteiger partial charge in [0, 0.05) is 6.42 Å². The van der Waals surface area contributed by atoms with E-state index in [-0.39, 0.29) is 17.4 Å². The number of benzene rings is 2. The highest BCUT2D eigenvalue weighted by Gasteiger charge is 2.25. The average molecular weight is 339 g/mol. The summed E-state index contributed by atoms with van der Waals surface area (Å²) in [5, 5.41) is 2.95. The first kappa shape index (κ1) is 17.3. The third-order valence-corrected chi connectivity index (χ3v) is 4.51. The van der Waals surface area contributed by atoms with Crippen LogP contribution in [0.4, 0.5) is 0 Å². The van der Waals surface area contributed by atoms with Crippen LogP contribution in [0, 0.1) is 0 Å². The summed E-state index contributed by atoms with van der Waals surface area (Å²) in [6, 6.07) is 13.6. The van der Waals surface area contributed by atoms with Crippen molar-refractivity contribution in [2.24, 2.45) is 0 Å². The Morgan fingerprint density at radius 1 is 1.24 bits per heavy atom. The van der Waals surface area contributed by atoms with Gasteiger partial charge in [0.25, 0.3) is 5.91 Å². The fourth-order valence-electron chi connectivity index (χ4n) is 3.03. The summed E-state index contributed by atoms with van der Waals surface area (Å²) in [6.45, 7) is 7.08. The van der Waals surface area contributed by atoms with Crippen LogP contribution in [-0.2, 0) is 11.8 Å². The van der Waals surface area contributed by atoms with Crippen LogP contribution >= 0.6 is 0 Å². The number of para-hydroxylation sites is 1. The molecule has 0 saturated carbocycles. The predicted molar refractivity (Wildman–Crippen MR) is 98.6 cm³/mol. The molecule has 25 heavy (non-hydrogen) atoms. The lowest BCUT2D eigenvalue weighted by atomic mass is 9.86. The quantitative estimate of drug-likeness (QED) is 0.923. The fourth-order valence-corrected chi connectivity index (χ4v) is 3.03. The number of methoxy groups -OCH3 is 1. The Labute approximate surface area is 149 Å². The fraction of sp³-hybridized carbons (Fsp3) is 0.381. The molecule has 4 heteroatoms. The summed E-state index contributed by atoms with van der Waals surface area (Å²) in [5.41, 5.74) is 3.17. The van der Waals surface area contributed by atoms with Crippen molar-refractivity contribution in [3.8, 4) is 11.5 Å². The Balaban J connectivity index is 1.63. The molecule has 0 bridgehead atoms. The molecule has 0 aliphatic carbocycles. The van der Waals surface area contributed by atoms with Crippen LogP contribution in [0.25, 0.3) is 0 Å². The van der Waals surface area contributed by atoms with Gasteiger partial charge in [-0.3, -0.25) is 4.79 Å². The van der Waals surface area contributed by atoms with E-state index in [0.29, 0.717) is 17.9 Å². The van der Waals surface area contributed by atoms with Gasteiger partial charge in [0.05, 0.1) is 19.2 Å². The van der Waals surface area contributed by atoms with Crippen molar-refractivity contribution in [2.75, 3.05) is 13.7 Å². The summed E-state index contributed by atoms with van der Waals surface area (Å²) in [5.74, 6) is 1.35. The molecule has 1 atom stereocenters. The van der Waals surface area contributed by atoms with Crippen molar-refractivity contribution < 1.29 is 14.3 Å². The van der Waals surface area contributed by atoms with Crippen molar-refractivity contribution >= 4 is 5.91 Å². The average Bonchev–Trinajstić information content (AvgIpc) is 3.01. The van der Waals surface area contributed by atoms with Gasteiger partial charge in [-0.1, -0.05) is 45.0 Å². The van der Waals surface area contributed by atoms with E-state index in [4.69, 9.17) is 9.47 Å². The maximum Gasteiger partial charge on any atom is 0.255 e. The van der Waals surface area contributed by atoms with Crippen LogP contribution in [0.3, 0.4) is 0 Å². The normalized spacial score (nSPS) is 16.1. The molecule has 1 aliphatic heterocycles. The monoisotopic (exact) mass is 339 g/mol. The van der Waals surface area contributed by atoms with Gasteiger partial charge < -0.3 is 14.8 Å². The minimum atomic E-state index is -0.146. The van der Waals surface area contributed by atoms with Crippen molar-refractivity contribution in [1.82, 2.24) is 5.32 Å². The summed E-state index contributed by atoms with van der Waals surface area (Å²) in [4.78, 5) is 12.4. The van der Waals surface area contributed by atoms with Gasteiger partial charge in [-0.25, -0.2) is 0 Å². The van der Waals surface area contributed by atoms with Gasteiger partial charge >= 0.3 is 0 Å². The van der Waals surface area contributed by atoms with E-state index in [2.05, 4.69) is 38.2 Å². The van der Waals surface area contributed by atoms with Gasteiger partial charge in [-0.2, -0.15) is 0 Å². The van der Waals surface area contributed by atoms with Gasteiger partial charge in [0.2, 0.25) is 0 Å². The number of carbonyl (C=O) groups is 1. The lowest BCUT2D eigenvalue weighted by Crippen LogP contribution is -2.34. The molecule has 2 aromatic rings. The molecule has 4 nitrogen and oxygen atoms in total. The van der Waals surface area contributed by atoms with Crippen LogP contribution in [0.1, 0.15) is 42.3 Å². The molecule has 2 aromatic carbocycles. The van der Waals surface area contributed by atoms with Crippen molar-refractivity contribution in [3.63, 3.8) is 0 Å². The second kappa shape index (κ2) is 6.79. The van der Waals surface area contributed by atoms with Crippen LogP contribution in [0.2, 0.25) is 0 Å². The Kier molecular flexibility index (Phi) is 4.71. The van der Waals surface area contributed by atoms with Crippen LogP contribution in [0.15, 0.2) is 42.5 Å². The van der Waals surface area contributed by atoms with E-state index >= 15 is 0 Å². The van der Waals surface area contributed by atoms with Crippen molar-refractivity contribution in [3.05, 3.63) is 59.2 Å². The lowest BCUT2D eigenvalue weighted by molar-refractivity contribution is 0.0930. The number of carbonyl (C=O) groups excluding carboxylic acids is 1. The molecule has 3 rings (SSSR count). The second-order valence-electron chi connectivity index (χ2n) is 7.43. The third-order valence-electron chi connectivity index (χ3n) is 4.51. The standard InChI is InChI=1S/C21H25NO3/c1-21(2,3)15-9-10-18-14(11-15)12-16(25-18)13-22-20(23)17-7-5-6-8-19(17)24-4/h5-11,16H,12-13H2,1-4H3,(H,22,23)/t16-/m0/s1. The van der Waals surface area contributed by atoms with Crippen LogP contribution in [0.5, 0.6) is 11.5 Å². The number of rotatable bonds is 4. The van der Waals surface area contributed by atoms with Gasteiger partial charge in [-0.15, -0.1) is 0 Å². The molecule has 1 heterocycles. The highest BCUT2D eigenvalue weighted by molar-refractivity contribution is 5.96. The Morgan fingerprint density at radius 3 is 2.72 bits per heavy atom. The number of amides is 1. The SMILES string of the molecule is COc1ccccc1C(=O)NC[C@@H]1Cc2cc(C(C)(C)C)ccc2O1. The summed E-state index contributed by atoms with van der Waals surface area (Å²) in [7, 11) is 1.57. The lowest BCUT2D eigenvalue weighted by Gasteiger charge is -2.19. The predicted octanol–water partition coefficient (Wildman–Crippen LogP) is 3.73. The first-order chi connectivity index (χ1) is 11.9. The molecule has 1 amide bonds. The molecule has 0 unspecified atom stereocenters. The van der Waals surface area contributed by atoms with E-state index in [1.807, 2.05) is 18.2 Å². The number of fused-ring (bicyclic) bond motifs is 1. The van der Waals surface area contributed by atoms with Crippen molar-refractivity contribution in [1.29, 1.82) is 0 Å². The van der Waals surface area contributed by atoms with E-state index < -0.39 is 0 Å². The number of hydrogen-bond acceptors (Lipinski definition) is 3. The molecule has 1 N–H and O–H groups in total. The molecular formula is C21H25NO3. The van der Waals surface area contributed by atoms with Crippen LogP contribution in [-0.4, -0.2) is 25.7 Å². The van der Waals surface area contributed by atoms with E-state index in [0.717, 1.165) is 12.2 Å². The zero-order chi connectivity index (χ0) is 18.0. The topological polar surface area (TPSA) is 47.6 Å². The first-order valence-electron chi connectivity index (χ1n) is 8.60. The van der Waals surface area contributed by atoms with Gasteiger partial charge in [0.1, 0.15) is 17.6 Å². The summed E-state index contributed by atoms with van der Waals surface area (Å²) < 4.78 is 11.2. The maximum absolute atomic E-state index is 12.4. The minimum Gasteiger partial charge on any atom is -0.496 e. The van der Waals surface area contributed by atoms with Gasteiger partial charge in [-0.05, 0) is 34.7 Å². The Bertz CT molecular complexity index is 777. The smallest absolute Gasteiger partial charge is 0.255 e. The molecule has 132 valence electrons. The van der Waals surface area contributed by atoms with Crippen molar-refractivity contribution in [2.45, 2.75) is 38.7 Å². The molecule has 0 radical (unpaired) electrons. The van der Waals surface area contributed by atoms with Gasteiger partial charge in [0.15, 0.2) is 0 Å². The molecular weight excluding hydrogens is 314 g/mol. The van der Waals surface area contributed by atoms with E-state index in [1.165, 1.54) is 11.1 Å². The number of ether oxygens (including phenoxy) is 2. The second-order valence-corrected chi connectivity index (χ2v) is 7.43. The molecule has 0 spiro atoms. The zero-order valence-corrected chi connectivity index (χ0v) is 15.3. The summed E-state index contributed by atoms with van der Waals surface area (Å²) >= 11 is 0. The molecule has 0 saturated heterocycles. The molecule has 0 fully saturated rings. The highest BCUT2D eigenvalue weighted by atomic mass is 16.5. The maximum atomic E-state index is 12.4. The Morgan fingerprint density at radius 2 is 2.00 bits per heavy atom. The summed E-state index contributed by atoms with van der Waals surface area (Å²) in [6.07, 6.45) is 0.773. The molecule has 1 aliphatic rings. The highest BCUT2D eigenvalue weighted by Crippen LogP contribution is 2.33. The molecule has 0 aromatic heterocycles. The number of hydrogen-bond donors (Lipinski definition) is 1. The van der Waals surface area contributed by atoms with Crippen LogP contribution < -0.4 is 14.8 Å². The van der Waals surface area contributed by atoms with E-state index in [1.54, 1.807) is 19.2 Å². The van der Waals surface area contributed by atoms with E-state index in [9.17, 15) is 4.79 Å². The third kappa shape index (κ3) is 3.78. The first-order valence-corrected chi connectivity index (χ1v) is 8.60. The number of nitrogens with one attached hydrogen (secondary N) is 1. The zero-order valence-electron chi connectivity index (χ0n) is 15.3. The Hall–Kier alpha value is -2.49. The minimum absolute atomic E-state index is 0.0381. The largest absolute Gasteiger partial charge is 0.496 e.